The fourth-order valence-electron chi connectivity index (χ4n) is 7.28. The fraction of sp³-hybridized carbons (Fsp3) is 0.158. The summed E-state index contributed by atoms with van der Waals surface area (Å²) in [6.07, 6.45) is 0. The molecule has 0 N–H and O–H groups in total. The van der Waals surface area contributed by atoms with Gasteiger partial charge >= 0.3 is 0 Å². The Kier molecular flexibility index (Phi) is 6.70. The highest BCUT2D eigenvalue weighted by Gasteiger charge is 2.49. The van der Waals surface area contributed by atoms with E-state index >= 15 is 0 Å². The standard InChI is InChI=1S/C38H34S2Si/c1-5-41(6-2)37(33-25(3)39-31-23-15-13-21-29(31)33)35(27-17-9-7-10-18-27)36(28-19-11-8-12-20-28)38(41)34-26(4)40-32-24-16-14-22-30(32)34/h7-24H,5-6H2,1-4H3. The van der Waals surface area contributed by atoms with E-state index in [0.29, 0.717) is 0 Å². The van der Waals surface area contributed by atoms with Gasteiger partial charge in [-0.05, 0) is 80.5 Å². The fourth-order valence-corrected chi connectivity index (χ4v) is 14.9. The van der Waals surface area contributed by atoms with Crippen molar-refractivity contribution in [1.82, 2.24) is 0 Å². The van der Waals surface area contributed by atoms with Crippen LogP contribution < -0.4 is 0 Å². The van der Waals surface area contributed by atoms with Crippen LogP contribution in [0.3, 0.4) is 0 Å². The molecule has 0 fully saturated rings. The van der Waals surface area contributed by atoms with Crippen molar-refractivity contribution < 1.29 is 0 Å². The monoisotopic (exact) mass is 582 g/mol. The molecule has 3 heteroatoms. The molecule has 0 radical (unpaired) electrons. The summed E-state index contributed by atoms with van der Waals surface area (Å²) >= 11 is 3.92. The van der Waals surface area contributed by atoms with Crippen molar-refractivity contribution >= 4 is 72.5 Å². The second-order valence-electron chi connectivity index (χ2n) is 11.1. The number of thiophene rings is 2. The summed E-state index contributed by atoms with van der Waals surface area (Å²) < 4.78 is 2.78. The quantitative estimate of drug-likeness (QED) is 0.171. The molecule has 0 aliphatic carbocycles. The van der Waals surface area contributed by atoms with Crippen molar-refractivity contribution in [3.8, 4) is 0 Å². The maximum atomic E-state index is 2.47. The summed E-state index contributed by atoms with van der Waals surface area (Å²) in [6, 6.07) is 43.0. The maximum absolute atomic E-state index is 2.47. The molecule has 1 aliphatic rings. The zero-order chi connectivity index (χ0) is 28.1. The molecule has 0 nitrogen and oxygen atoms in total. The largest absolute Gasteiger partial charge is 0.140 e. The second-order valence-corrected chi connectivity index (χ2v) is 18.2. The van der Waals surface area contributed by atoms with Crippen LogP contribution in [0.1, 0.15) is 45.9 Å². The number of rotatable bonds is 6. The number of fused-ring (bicyclic) bond motifs is 2. The van der Waals surface area contributed by atoms with Crippen LogP contribution in [-0.2, 0) is 0 Å². The van der Waals surface area contributed by atoms with Crippen LogP contribution in [0.25, 0.3) is 41.7 Å². The zero-order valence-corrected chi connectivity index (χ0v) is 26.8. The van der Waals surface area contributed by atoms with Gasteiger partial charge in [0.15, 0.2) is 0 Å². The molecule has 3 heterocycles. The van der Waals surface area contributed by atoms with Gasteiger partial charge in [-0.3, -0.25) is 0 Å². The normalized spacial score (nSPS) is 15.0. The first-order valence-electron chi connectivity index (χ1n) is 14.7. The molecule has 0 unspecified atom stereocenters. The highest BCUT2D eigenvalue weighted by atomic mass is 32.1. The molecule has 0 saturated heterocycles. The SMILES string of the molecule is CC[Si]1(CC)C(c2c(C)sc3ccccc23)=C(c2ccccc2)C(c2ccccc2)=C1c1c(C)sc2ccccc12. The molecule has 4 aromatic carbocycles. The molecule has 2 aromatic heterocycles. The molecule has 0 bridgehead atoms. The van der Waals surface area contributed by atoms with Gasteiger partial charge in [-0.25, -0.2) is 0 Å². The lowest BCUT2D eigenvalue weighted by Gasteiger charge is -2.33. The second kappa shape index (κ2) is 10.4. The van der Waals surface area contributed by atoms with Crippen LogP contribution in [0.5, 0.6) is 0 Å². The van der Waals surface area contributed by atoms with Crippen molar-refractivity contribution in [2.45, 2.75) is 39.8 Å². The Morgan fingerprint density at radius 2 is 0.854 bits per heavy atom. The van der Waals surface area contributed by atoms with Crippen LogP contribution in [0, 0.1) is 13.8 Å². The molecule has 0 saturated carbocycles. The summed E-state index contributed by atoms with van der Waals surface area (Å²) in [5.41, 5.74) is 8.59. The van der Waals surface area contributed by atoms with E-state index in [1.807, 2.05) is 22.7 Å². The Balaban J connectivity index is 1.72. The van der Waals surface area contributed by atoms with E-state index in [1.54, 1.807) is 10.4 Å². The molecular weight excluding hydrogens is 549 g/mol. The van der Waals surface area contributed by atoms with Crippen LogP contribution in [0.2, 0.25) is 12.1 Å². The zero-order valence-electron chi connectivity index (χ0n) is 24.1. The summed E-state index contributed by atoms with van der Waals surface area (Å²) in [6.45, 7) is 9.65. The maximum Gasteiger partial charge on any atom is 0.121 e. The Morgan fingerprint density at radius 1 is 0.488 bits per heavy atom. The molecule has 7 rings (SSSR count). The van der Waals surface area contributed by atoms with E-state index in [0.717, 1.165) is 0 Å². The first kappa shape index (κ1) is 26.4. The van der Waals surface area contributed by atoms with E-state index in [1.165, 1.54) is 75.4 Å². The third-order valence-corrected chi connectivity index (χ3v) is 16.6. The molecule has 6 aromatic rings. The number of allylic oxidation sites excluding steroid dienone is 2. The van der Waals surface area contributed by atoms with Gasteiger partial charge in [0.25, 0.3) is 0 Å². The third kappa shape index (κ3) is 3.98. The summed E-state index contributed by atoms with van der Waals surface area (Å²) in [5, 5.41) is 6.12. The number of hydrogen-bond acceptors (Lipinski definition) is 2. The lowest BCUT2D eigenvalue weighted by atomic mass is 9.88. The van der Waals surface area contributed by atoms with Crippen LogP contribution >= 0.6 is 22.7 Å². The van der Waals surface area contributed by atoms with Crippen LogP contribution in [0.15, 0.2) is 109 Å². The van der Waals surface area contributed by atoms with E-state index in [4.69, 9.17) is 0 Å². The average molecular weight is 583 g/mol. The highest BCUT2D eigenvalue weighted by Crippen LogP contribution is 2.61. The minimum atomic E-state index is -2.26. The van der Waals surface area contributed by atoms with Gasteiger partial charge in [0.05, 0.1) is 0 Å². The minimum Gasteiger partial charge on any atom is -0.140 e. The van der Waals surface area contributed by atoms with Crippen LogP contribution in [0.4, 0.5) is 0 Å². The molecule has 0 atom stereocenters. The van der Waals surface area contributed by atoms with E-state index in [2.05, 4.69) is 137 Å². The molecule has 202 valence electrons. The predicted molar refractivity (Wildman–Crippen MR) is 186 cm³/mol. The lowest BCUT2D eigenvalue weighted by Crippen LogP contribution is -2.35. The molecule has 1 aliphatic heterocycles. The van der Waals surface area contributed by atoms with Crippen molar-refractivity contribution in [2.75, 3.05) is 0 Å². The van der Waals surface area contributed by atoms with Gasteiger partial charge < -0.3 is 0 Å². The van der Waals surface area contributed by atoms with Gasteiger partial charge in [-0.1, -0.05) is 123 Å². The Labute approximate surface area is 252 Å². The number of hydrogen-bond donors (Lipinski definition) is 0. The summed E-state index contributed by atoms with van der Waals surface area (Å²) in [7, 11) is -2.26. The van der Waals surface area contributed by atoms with E-state index < -0.39 is 8.07 Å². The highest BCUT2D eigenvalue weighted by molar-refractivity contribution is 7.22. The van der Waals surface area contributed by atoms with Crippen molar-refractivity contribution in [2.24, 2.45) is 0 Å². The van der Waals surface area contributed by atoms with Crippen LogP contribution in [-0.4, -0.2) is 8.07 Å². The van der Waals surface area contributed by atoms with Crippen molar-refractivity contribution in [3.63, 3.8) is 0 Å². The first-order chi connectivity index (χ1) is 20.1. The summed E-state index contributed by atoms with van der Waals surface area (Å²) in [4.78, 5) is 2.88. The lowest BCUT2D eigenvalue weighted by molar-refractivity contribution is 1.30. The molecular formula is C38H34S2Si. The summed E-state index contributed by atoms with van der Waals surface area (Å²) in [5.74, 6) is 0. The van der Waals surface area contributed by atoms with Crippen molar-refractivity contribution in [1.29, 1.82) is 0 Å². The number of aryl methyl sites for hydroxylation is 2. The average Bonchev–Trinajstić information content (AvgIpc) is 3.62. The minimum absolute atomic E-state index is 1.17. The third-order valence-electron chi connectivity index (χ3n) is 9.08. The Bertz CT molecular complexity index is 1820. The van der Waals surface area contributed by atoms with Gasteiger partial charge in [0.2, 0.25) is 0 Å². The topological polar surface area (TPSA) is 0 Å². The predicted octanol–water partition coefficient (Wildman–Crippen LogP) is 11.8. The first-order valence-corrected chi connectivity index (χ1v) is 18.7. The molecule has 0 spiro atoms. The van der Waals surface area contributed by atoms with Gasteiger partial charge in [-0.15, -0.1) is 22.7 Å². The van der Waals surface area contributed by atoms with Gasteiger partial charge in [0, 0.05) is 19.2 Å². The molecule has 0 amide bonds. The Morgan fingerprint density at radius 3 is 1.24 bits per heavy atom. The number of benzene rings is 4. The van der Waals surface area contributed by atoms with Gasteiger partial charge in [0.1, 0.15) is 8.07 Å². The van der Waals surface area contributed by atoms with Crippen molar-refractivity contribution in [3.05, 3.63) is 141 Å². The molecule has 41 heavy (non-hydrogen) atoms. The van der Waals surface area contributed by atoms with Gasteiger partial charge in [-0.2, -0.15) is 0 Å². The van der Waals surface area contributed by atoms with E-state index in [-0.39, 0.29) is 0 Å². The smallest absolute Gasteiger partial charge is 0.121 e. The van der Waals surface area contributed by atoms with E-state index in [9.17, 15) is 0 Å². The Hall–Kier alpha value is -3.50.